The Balaban J connectivity index is 2.55. The average Bonchev–Trinajstić information content (AvgIpc) is 3.07. The molecule has 0 atom stereocenters. The Labute approximate surface area is 295 Å². The summed E-state index contributed by atoms with van der Waals surface area (Å²) in [7, 11) is 0. The van der Waals surface area contributed by atoms with Crippen LogP contribution in [0.1, 0.15) is 225 Å². The fourth-order valence-electron chi connectivity index (χ4n) is 6.55. The van der Waals surface area contributed by atoms with E-state index in [1.807, 2.05) is 0 Å². The molecule has 0 aromatic heterocycles. The molecule has 0 spiro atoms. The van der Waals surface area contributed by atoms with Gasteiger partial charge in [0.15, 0.2) is 11.5 Å². The standard InChI is InChI=1S/C44H82O3/c1-6-9-12-15-18-21-24-27-30-33-36-45-42-39-40(4)41(5)43(46-37-34-31-28-25-22-19-16-13-10-7-2)44(42)47-38-35-32-29-26-23-20-17-14-11-8-3/h39H,6-38H2,1-5H3. The zero-order valence-corrected chi connectivity index (χ0v) is 32.6. The fourth-order valence-corrected chi connectivity index (χ4v) is 6.55. The van der Waals surface area contributed by atoms with Crippen LogP contribution >= 0.6 is 0 Å². The Bertz CT molecular complexity index is 804. The molecular weight excluding hydrogens is 576 g/mol. The van der Waals surface area contributed by atoms with Crippen molar-refractivity contribution in [1.29, 1.82) is 0 Å². The highest BCUT2D eigenvalue weighted by atomic mass is 16.5. The molecule has 1 aromatic rings. The van der Waals surface area contributed by atoms with Crippen LogP contribution in [0.4, 0.5) is 0 Å². The first-order valence-electron chi connectivity index (χ1n) is 21.2. The highest BCUT2D eigenvalue weighted by Gasteiger charge is 2.18. The van der Waals surface area contributed by atoms with Gasteiger partial charge in [0.1, 0.15) is 0 Å². The van der Waals surface area contributed by atoms with Gasteiger partial charge in [0.05, 0.1) is 19.8 Å². The van der Waals surface area contributed by atoms with E-state index in [2.05, 4.69) is 40.7 Å². The van der Waals surface area contributed by atoms with Crippen molar-refractivity contribution in [2.75, 3.05) is 19.8 Å². The number of aryl methyl sites for hydroxylation is 1. The van der Waals surface area contributed by atoms with Gasteiger partial charge in [-0.05, 0) is 50.3 Å². The number of benzene rings is 1. The summed E-state index contributed by atoms with van der Waals surface area (Å²) in [6, 6.07) is 2.19. The van der Waals surface area contributed by atoms with Crippen molar-refractivity contribution in [2.45, 2.75) is 227 Å². The lowest BCUT2D eigenvalue weighted by Crippen LogP contribution is -2.08. The first-order valence-corrected chi connectivity index (χ1v) is 21.2. The molecule has 1 aromatic carbocycles. The van der Waals surface area contributed by atoms with Gasteiger partial charge >= 0.3 is 0 Å². The molecule has 0 saturated heterocycles. The van der Waals surface area contributed by atoms with Gasteiger partial charge in [-0.1, -0.05) is 194 Å². The van der Waals surface area contributed by atoms with Gasteiger partial charge in [-0.3, -0.25) is 0 Å². The number of unbranched alkanes of at least 4 members (excludes halogenated alkanes) is 27. The lowest BCUT2D eigenvalue weighted by molar-refractivity contribution is 0.233. The summed E-state index contributed by atoms with van der Waals surface area (Å²) >= 11 is 0. The van der Waals surface area contributed by atoms with Crippen LogP contribution in [0.3, 0.4) is 0 Å². The molecule has 0 bridgehead atoms. The SMILES string of the molecule is CCCCCCCCCCCCOc1cc(C)c(C)c(OCCCCCCCCCCCC)c1OCCCCCCCCCCCC. The summed E-state index contributed by atoms with van der Waals surface area (Å²) in [5.41, 5.74) is 2.42. The average molecular weight is 659 g/mol. The van der Waals surface area contributed by atoms with E-state index in [1.165, 1.54) is 184 Å². The quantitative estimate of drug-likeness (QED) is 0.0672. The van der Waals surface area contributed by atoms with Crippen LogP contribution in [-0.2, 0) is 0 Å². The maximum atomic E-state index is 6.53. The van der Waals surface area contributed by atoms with Crippen molar-refractivity contribution >= 4 is 0 Å². The highest BCUT2D eigenvalue weighted by Crippen LogP contribution is 2.42. The monoisotopic (exact) mass is 659 g/mol. The van der Waals surface area contributed by atoms with E-state index >= 15 is 0 Å². The van der Waals surface area contributed by atoms with Crippen LogP contribution < -0.4 is 14.2 Å². The molecule has 0 heterocycles. The van der Waals surface area contributed by atoms with Gasteiger partial charge < -0.3 is 14.2 Å². The predicted octanol–water partition coefficient (Wildman–Crippen LogP) is 15.2. The van der Waals surface area contributed by atoms with E-state index in [0.29, 0.717) is 0 Å². The molecule has 0 N–H and O–H groups in total. The normalized spacial score (nSPS) is 11.3. The van der Waals surface area contributed by atoms with E-state index < -0.39 is 0 Å². The molecule has 0 aliphatic rings. The van der Waals surface area contributed by atoms with E-state index in [9.17, 15) is 0 Å². The Morgan fingerprint density at radius 3 is 0.957 bits per heavy atom. The molecule has 0 aliphatic heterocycles. The molecule has 0 radical (unpaired) electrons. The van der Waals surface area contributed by atoms with Gasteiger partial charge in [-0.25, -0.2) is 0 Å². The largest absolute Gasteiger partial charge is 0.490 e. The van der Waals surface area contributed by atoms with Gasteiger partial charge in [-0.15, -0.1) is 0 Å². The van der Waals surface area contributed by atoms with Crippen LogP contribution in [0.25, 0.3) is 0 Å². The summed E-state index contributed by atoms with van der Waals surface area (Å²) in [4.78, 5) is 0. The number of hydrogen-bond acceptors (Lipinski definition) is 3. The van der Waals surface area contributed by atoms with Crippen LogP contribution in [0.2, 0.25) is 0 Å². The third kappa shape index (κ3) is 24.4. The van der Waals surface area contributed by atoms with Crippen LogP contribution in [0, 0.1) is 13.8 Å². The lowest BCUT2D eigenvalue weighted by atomic mass is 10.1. The lowest BCUT2D eigenvalue weighted by Gasteiger charge is -2.20. The number of hydrogen-bond donors (Lipinski definition) is 0. The molecule has 47 heavy (non-hydrogen) atoms. The first-order chi connectivity index (χ1) is 23.2. The Morgan fingerprint density at radius 2 is 0.617 bits per heavy atom. The van der Waals surface area contributed by atoms with Crippen molar-refractivity contribution in [3.8, 4) is 17.2 Å². The van der Waals surface area contributed by atoms with Crippen molar-refractivity contribution < 1.29 is 14.2 Å². The zero-order valence-electron chi connectivity index (χ0n) is 32.6. The molecule has 1 rings (SSSR count). The molecule has 3 heteroatoms. The summed E-state index contributed by atoms with van der Waals surface area (Å²) in [5, 5.41) is 0. The van der Waals surface area contributed by atoms with E-state index in [1.54, 1.807) is 0 Å². The molecular formula is C44H82O3. The maximum absolute atomic E-state index is 6.53. The first kappa shape index (κ1) is 43.6. The molecule has 0 saturated carbocycles. The third-order valence-corrected chi connectivity index (χ3v) is 9.95. The molecule has 0 fully saturated rings. The van der Waals surface area contributed by atoms with Gasteiger partial charge in [0.2, 0.25) is 5.75 Å². The summed E-state index contributed by atoms with van der Waals surface area (Å²) in [6.07, 6.45) is 40.1. The summed E-state index contributed by atoms with van der Waals surface area (Å²) in [5.74, 6) is 2.66. The minimum Gasteiger partial charge on any atom is -0.490 e. The number of rotatable bonds is 36. The summed E-state index contributed by atoms with van der Waals surface area (Å²) < 4.78 is 19.5. The van der Waals surface area contributed by atoms with E-state index in [0.717, 1.165) is 56.3 Å². The molecule has 0 amide bonds. The van der Waals surface area contributed by atoms with Gasteiger partial charge in [0.25, 0.3) is 0 Å². The van der Waals surface area contributed by atoms with Crippen LogP contribution in [0.15, 0.2) is 6.07 Å². The van der Waals surface area contributed by atoms with Crippen LogP contribution in [0.5, 0.6) is 17.2 Å². The Morgan fingerprint density at radius 1 is 0.340 bits per heavy atom. The van der Waals surface area contributed by atoms with Crippen molar-refractivity contribution in [2.24, 2.45) is 0 Å². The van der Waals surface area contributed by atoms with Crippen molar-refractivity contribution in [1.82, 2.24) is 0 Å². The Hall–Kier alpha value is -1.38. The minimum atomic E-state index is 0.738. The minimum absolute atomic E-state index is 0.738. The topological polar surface area (TPSA) is 27.7 Å². The van der Waals surface area contributed by atoms with E-state index in [4.69, 9.17) is 14.2 Å². The van der Waals surface area contributed by atoms with Crippen LogP contribution in [-0.4, -0.2) is 19.8 Å². The maximum Gasteiger partial charge on any atom is 0.203 e. The van der Waals surface area contributed by atoms with Gasteiger partial charge in [0, 0.05) is 0 Å². The molecule has 0 unspecified atom stereocenters. The molecule has 0 aliphatic carbocycles. The Kier molecular flexibility index (Phi) is 30.8. The van der Waals surface area contributed by atoms with Crippen molar-refractivity contribution in [3.63, 3.8) is 0 Å². The molecule has 3 nitrogen and oxygen atoms in total. The molecule has 276 valence electrons. The second-order valence-electron chi connectivity index (χ2n) is 14.6. The predicted molar refractivity (Wildman–Crippen MR) is 208 cm³/mol. The van der Waals surface area contributed by atoms with E-state index in [-0.39, 0.29) is 0 Å². The fraction of sp³-hybridized carbons (Fsp3) is 0.864. The number of ether oxygens (including phenoxy) is 3. The summed E-state index contributed by atoms with van der Waals surface area (Å²) in [6.45, 7) is 13.5. The second-order valence-corrected chi connectivity index (χ2v) is 14.6. The second kappa shape index (κ2) is 33.1. The smallest absolute Gasteiger partial charge is 0.203 e. The third-order valence-electron chi connectivity index (χ3n) is 9.95. The zero-order chi connectivity index (χ0) is 34.0. The highest BCUT2D eigenvalue weighted by molar-refractivity contribution is 5.58. The van der Waals surface area contributed by atoms with Crippen molar-refractivity contribution in [3.05, 3.63) is 17.2 Å². The van der Waals surface area contributed by atoms with Gasteiger partial charge in [-0.2, -0.15) is 0 Å².